The molecule has 0 fully saturated rings. The van der Waals surface area contributed by atoms with E-state index < -0.39 is 0 Å². The average molecular weight is 264 g/mol. The molecule has 0 bridgehead atoms. The summed E-state index contributed by atoms with van der Waals surface area (Å²) in [6, 6.07) is 0.458. The highest BCUT2D eigenvalue weighted by Gasteiger charge is 2.19. The molecule has 4 nitrogen and oxygen atoms in total. The summed E-state index contributed by atoms with van der Waals surface area (Å²) in [6.45, 7) is 12.0. The van der Waals surface area contributed by atoms with Gasteiger partial charge in [0.2, 0.25) is 0 Å². The zero-order valence-electron chi connectivity index (χ0n) is 13.2. The molecular formula is C15H28N4. The van der Waals surface area contributed by atoms with E-state index in [4.69, 9.17) is 0 Å². The minimum absolute atomic E-state index is 0.458. The first-order valence-electron chi connectivity index (χ1n) is 7.33. The lowest BCUT2D eigenvalue weighted by Crippen LogP contribution is -2.34. The van der Waals surface area contributed by atoms with Crippen molar-refractivity contribution in [3.8, 4) is 0 Å². The normalized spacial score (nSPS) is 12.6. The Hall–Kier alpha value is -1.32. The number of rotatable bonds is 7. The van der Waals surface area contributed by atoms with Gasteiger partial charge in [0.25, 0.3) is 0 Å². The van der Waals surface area contributed by atoms with E-state index in [1.165, 1.54) is 5.56 Å². The molecule has 19 heavy (non-hydrogen) atoms. The molecule has 0 aromatic carbocycles. The zero-order chi connectivity index (χ0) is 14.4. The molecule has 1 N–H and O–H groups in total. The Morgan fingerprint density at radius 3 is 2.42 bits per heavy atom. The van der Waals surface area contributed by atoms with Crippen LogP contribution in [0.1, 0.15) is 46.6 Å². The van der Waals surface area contributed by atoms with Crippen molar-refractivity contribution in [2.75, 3.05) is 23.8 Å². The molecule has 0 aliphatic carbocycles. The van der Waals surface area contributed by atoms with Crippen molar-refractivity contribution >= 4 is 11.6 Å². The van der Waals surface area contributed by atoms with E-state index >= 15 is 0 Å². The van der Waals surface area contributed by atoms with E-state index in [0.29, 0.717) is 12.0 Å². The molecule has 0 spiro atoms. The number of hydrogen-bond acceptors (Lipinski definition) is 4. The van der Waals surface area contributed by atoms with Crippen LogP contribution in [0.25, 0.3) is 0 Å². The molecule has 108 valence electrons. The van der Waals surface area contributed by atoms with E-state index in [1.54, 1.807) is 6.33 Å². The van der Waals surface area contributed by atoms with Gasteiger partial charge in [0.1, 0.15) is 18.0 Å². The lowest BCUT2D eigenvalue weighted by molar-refractivity contribution is 0.501. The zero-order valence-corrected chi connectivity index (χ0v) is 13.2. The van der Waals surface area contributed by atoms with Crippen LogP contribution in [0.5, 0.6) is 0 Å². The van der Waals surface area contributed by atoms with E-state index in [-0.39, 0.29) is 0 Å². The molecule has 1 aromatic heterocycles. The maximum atomic E-state index is 4.50. The van der Waals surface area contributed by atoms with Crippen LogP contribution in [0.2, 0.25) is 0 Å². The first-order chi connectivity index (χ1) is 9.02. The Bertz CT molecular complexity index is 390. The second-order valence-electron chi connectivity index (χ2n) is 5.40. The van der Waals surface area contributed by atoms with Crippen molar-refractivity contribution in [2.45, 2.75) is 53.5 Å². The minimum atomic E-state index is 0.458. The highest BCUT2D eigenvalue weighted by Crippen LogP contribution is 2.26. The van der Waals surface area contributed by atoms with Gasteiger partial charge in [-0.3, -0.25) is 0 Å². The van der Waals surface area contributed by atoms with Crippen molar-refractivity contribution in [1.29, 1.82) is 0 Å². The van der Waals surface area contributed by atoms with Crippen molar-refractivity contribution in [2.24, 2.45) is 5.92 Å². The summed E-state index contributed by atoms with van der Waals surface area (Å²) in [5.74, 6) is 2.63. The second kappa shape index (κ2) is 7.31. The maximum absolute atomic E-state index is 4.50. The van der Waals surface area contributed by atoms with Crippen LogP contribution < -0.4 is 10.2 Å². The molecule has 0 aliphatic rings. The maximum Gasteiger partial charge on any atom is 0.137 e. The van der Waals surface area contributed by atoms with E-state index in [0.717, 1.165) is 31.0 Å². The molecule has 1 aromatic rings. The van der Waals surface area contributed by atoms with Crippen LogP contribution in [-0.4, -0.2) is 29.6 Å². The SMILES string of the molecule is CCCNc1ncnc(N(C)C(C)C(C)C)c1CC. The van der Waals surface area contributed by atoms with E-state index in [2.05, 4.69) is 61.9 Å². The molecule has 0 saturated heterocycles. The molecule has 0 aliphatic heterocycles. The Morgan fingerprint density at radius 2 is 1.89 bits per heavy atom. The summed E-state index contributed by atoms with van der Waals surface area (Å²) in [5, 5.41) is 3.40. The van der Waals surface area contributed by atoms with Crippen LogP contribution in [0.3, 0.4) is 0 Å². The van der Waals surface area contributed by atoms with Gasteiger partial charge in [0.05, 0.1) is 0 Å². The van der Waals surface area contributed by atoms with Crippen molar-refractivity contribution in [1.82, 2.24) is 9.97 Å². The molecule has 1 rings (SSSR count). The van der Waals surface area contributed by atoms with Gasteiger partial charge in [-0.15, -0.1) is 0 Å². The van der Waals surface area contributed by atoms with Gasteiger partial charge in [-0.2, -0.15) is 0 Å². The molecular weight excluding hydrogens is 236 g/mol. The molecule has 1 atom stereocenters. The second-order valence-corrected chi connectivity index (χ2v) is 5.40. The molecule has 0 amide bonds. The van der Waals surface area contributed by atoms with Crippen LogP contribution >= 0.6 is 0 Å². The van der Waals surface area contributed by atoms with Crippen molar-refractivity contribution < 1.29 is 0 Å². The smallest absolute Gasteiger partial charge is 0.137 e. The number of aromatic nitrogens is 2. The van der Waals surface area contributed by atoms with Crippen molar-refractivity contribution in [3.63, 3.8) is 0 Å². The van der Waals surface area contributed by atoms with Gasteiger partial charge >= 0.3 is 0 Å². The fourth-order valence-corrected chi connectivity index (χ4v) is 2.07. The number of anilines is 2. The number of nitrogens with zero attached hydrogens (tertiary/aromatic N) is 3. The molecule has 0 saturated carbocycles. The van der Waals surface area contributed by atoms with E-state index in [9.17, 15) is 0 Å². The fraction of sp³-hybridized carbons (Fsp3) is 0.733. The van der Waals surface area contributed by atoms with Crippen molar-refractivity contribution in [3.05, 3.63) is 11.9 Å². The van der Waals surface area contributed by atoms with Gasteiger partial charge in [-0.05, 0) is 25.7 Å². The third-order valence-electron chi connectivity index (χ3n) is 3.73. The lowest BCUT2D eigenvalue weighted by atomic mass is 10.0. The Morgan fingerprint density at radius 1 is 1.21 bits per heavy atom. The van der Waals surface area contributed by atoms with Crippen LogP contribution in [0.15, 0.2) is 6.33 Å². The summed E-state index contributed by atoms with van der Waals surface area (Å²) in [6.07, 6.45) is 3.70. The number of nitrogens with one attached hydrogen (secondary N) is 1. The van der Waals surface area contributed by atoms with Crippen LogP contribution in [0.4, 0.5) is 11.6 Å². The molecule has 1 heterocycles. The highest BCUT2D eigenvalue weighted by atomic mass is 15.2. The summed E-state index contributed by atoms with van der Waals surface area (Å²) in [7, 11) is 2.12. The summed E-state index contributed by atoms with van der Waals surface area (Å²) in [4.78, 5) is 11.1. The first-order valence-corrected chi connectivity index (χ1v) is 7.33. The summed E-state index contributed by atoms with van der Waals surface area (Å²) < 4.78 is 0. The molecule has 0 radical (unpaired) electrons. The summed E-state index contributed by atoms with van der Waals surface area (Å²) >= 11 is 0. The minimum Gasteiger partial charge on any atom is -0.370 e. The number of hydrogen-bond donors (Lipinski definition) is 1. The average Bonchev–Trinajstić information content (AvgIpc) is 2.42. The van der Waals surface area contributed by atoms with Gasteiger partial charge in [-0.25, -0.2) is 9.97 Å². The van der Waals surface area contributed by atoms with Gasteiger partial charge in [0.15, 0.2) is 0 Å². The standard InChI is InChI=1S/C15H28N4/c1-7-9-16-14-13(8-2)15(18-10-17-14)19(6)12(5)11(3)4/h10-12H,7-9H2,1-6H3,(H,16,17,18). The molecule has 4 heteroatoms. The third kappa shape index (κ3) is 3.82. The quantitative estimate of drug-likeness (QED) is 0.820. The highest BCUT2D eigenvalue weighted by molar-refractivity contribution is 5.58. The Labute approximate surface area is 117 Å². The Kier molecular flexibility index (Phi) is 6.06. The predicted molar refractivity (Wildman–Crippen MR) is 82.9 cm³/mol. The van der Waals surface area contributed by atoms with E-state index in [1.807, 2.05) is 0 Å². The predicted octanol–water partition coefficient (Wildman–Crippen LogP) is 3.34. The monoisotopic (exact) mass is 264 g/mol. The first kappa shape index (κ1) is 15.7. The third-order valence-corrected chi connectivity index (χ3v) is 3.73. The Balaban J connectivity index is 3.06. The van der Waals surface area contributed by atoms with Gasteiger partial charge in [0, 0.05) is 25.2 Å². The molecule has 1 unspecified atom stereocenters. The largest absolute Gasteiger partial charge is 0.370 e. The van der Waals surface area contributed by atoms with Crippen LogP contribution in [0, 0.1) is 5.92 Å². The fourth-order valence-electron chi connectivity index (χ4n) is 2.07. The lowest BCUT2D eigenvalue weighted by Gasteiger charge is -2.30. The summed E-state index contributed by atoms with van der Waals surface area (Å²) in [5.41, 5.74) is 1.21. The topological polar surface area (TPSA) is 41.1 Å². The van der Waals surface area contributed by atoms with Gasteiger partial charge < -0.3 is 10.2 Å². The van der Waals surface area contributed by atoms with Gasteiger partial charge in [-0.1, -0.05) is 27.7 Å². The van der Waals surface area contributed by atoms with Crippen LogP contribution in [-0.2, 0) is 6.42 Å².